The molecule has 3 aromatic carbocycles. The summed E-state index contributed by atoms with van der Waals surface area (Å²) in [6, 6.07) is 18.7. The minimum absolute atomic E-state index is 0.0362. The number of nitro benzene ring substituents is 1. The molecule has 0 fully saturated rings. The number of hydrogen-bond acceptors (Lipinski definition) is 7. The zero-order valence-electron chi connectivity index (χ0n) is 15.3. The lowest BCUT2D eigenvalue weighted by Gasteiger charge is -2.11. The van der Waals surface area contributed by atoms with Crippen molar-refractivity contribution >= 4 is 22.4 Å². The number of nitrogens with zero attached hydrogens (tertiary/aromatic N) is 3. The lowest BCUT2D eigenvalue weighted by molar-refractivity contribution is -0.384. The van der Waals surface area contributed by atoms with Crippen LogP contribution in [0.4, 0.5) is 5.69 Å². The molecule has 0 bridgehead atoms. The standard InChI is InChI=1S/C21H15N3O5/c1-13(28-21(25)18-8-4-6-14-5-2-3-7-17(14)18)19-22-23-20(29-19)15-9-11-16(12-10-15)24(26)27/h2-13H,1H3. The Hall–Kier alpha value is -4.07. The van der Waals surface area contributed by atoms with Gasteiger partial charge in [0.15, 0.2) is 6.10 Å². The van der Waals surface area contributed by atoms with Crippen LogP contribution in [0, 0.1) is 10.1 Å². The molecule has 0 saturated heterocycles. The van der Waals surface area contributed by atoms with Crippen LogP contribution in [0.15, 0.2) is 71.1 Å². The Morgan fingerprint density at radius 3 is 2.52 bits per heavy atom. The minimum atomic E-state index is -0.763. The van der Waals surface area contributed by atoms with Gasteiger partial charge in [0.25, 0.3) is 11.6 Å². The highest BCUT2D eigenvalue weighted by Gasteiger charge is 2.21. The topological polar surface area (TPSA) is 108 Å². The van der Waals surface area contributed by atoms with E-state index in [4.69, 9.17) is 9.15 Å². The van der Waals surface area contributed by atoms with Crippen LogP contribution in [0.3, 0.4) is 0 Å². The van der Waals surface area contributed by atoms with E-state index in [1.165, 1.54) is 24.3 Å². The fourth-order valence-corrected chi connectivity index (χ4v) is 2.92. The molecule has 8 heteroatoms. The van der Waals surface area contributed by atoms with Gasteiger partial charge in [0.05, 0.1) is 10.5 Å². The van der Waals surface area contributed by atoms with Gasteiger partial charge in [-0.25, -0.2) is 4.79 Å². The molecule has 8 nitrogen and oxygen atoms in total. The zero-order chi connectivity index (χ0) is 20.4. The van der Waals surface area contributed by atoms with E-state index < -0.39 is 17.0 Å². The molecule has 0 aliphatic heterocycles. The maximum atomic E-state index is 12.6. The zero-order valence-corrected chi connectivity index (χ0v) is 15.3. The summed E-state index contributed by atoms with van der Waals surface area (Å²) in [6.07, 6.45) is -0.763. The van der Waals surface area contributed by atoms with E-state index >= 15 is 0 Å². The van der Waals surface area contributed by atoms with Crippen molar-refractivity contribution in [2.45, 2.75) is 13.0 Å². The van der Waals surface area contributed by atoms with Crippen molar-refractivity contribution in [3.05, 3.63) is 88.3 Å². The smallest absolute Gasteiger partial charge is 0.339 e. The summed E-state index contributed by atoms with van der Waals surface area (Å²) in [4.78, 5) is 22.9. The molecule has 144 valence electrons. The molecule has 0 saturated carbocycles. The maximum Gasteiger partial charge on any atom is 0.339 e. The molecule has 0 aliphatic rings. The number of rotatable bonds is 5. The summed E-state index contributed by atoms with van der Waals surface area (Å²) in [7, 11) is 0. The third-order valence-electron chi connectivity index (χ3n) is 4.41. The number of carbonyl (C=O) groups excluding carboxylic acids is 1. The van der Waals surface area contributed by atoms with Crippen LogP contribution in [0.2, 0.25) is 0 Å². The number of ether oxygens (including phenoxy) is 1. The third-order valence-corrected chi connectivity index (χ3v) is 4.41. The largest absolute Gasteiger partial charge is 0.449 e. The number of hydrogen-bond donors (Lipinski definition) is 0. The number of nitro groups is 1. The van der Waals surface area contributed by atoms with Crippen molar-refractivity contribution in [1.29, 1.82) is 0 Å². The van der Waals surface area contributed by atoms with E-state index in [9.17, 15) is 14.9 Å². The summed E-state index contributed by atoms with van der Waals surface area (Å²) < 4.78 is 11.1. The van der Waals surface area contributed by atoms with Gasteiger partial charge in [-0.15, -0.1) is 10.2 Å². The van der Waals surface area contributed by atoms with Crippen molar-refractivity contribution in [3.8, 4) is 11.5 Å². The Morgan fingerprint density at radius 1 is 1.03 bits per heavy atom. The minimum Gasteiger partial charge on any atom is -0.449 e. The van der Waals surface area contributed by atoms with Crippen LogP contribution in [-0.2, 0) is 4.74 Å². The van der Waals surface area contributed by atoms with E-state index in [-0.39, 0.29) is 17.5 Å². The van der Waals surface area contributed by atoms with Crippen LogP contribution in [0.1, 0.15) is 29.3 Å². The Bertz CT molecular complexity index is 1200. The van der Waals surface area contributed by atoms with Gasteiger partial charge in [-0.1, -0.05) is 36.4 Å². The molecule has 29 heavy (non-hydrogen) atoms. The second kappa shape index (κ2) is 7.51. The molecular weight excluding hydrogens is 374 g/mol. The third kappa shape index (κ3) is 3.68. The first-order valence-corrected chi connectivity index (χ1v) is 8.80. The molecule has 0 radical (unpaired) electrons. The lowest BCUT2D eigenvalue weighted by atomic mass is 10.0. The molecule has 4 aromatic rings. The number of non-ortho nitro benzene ring substituents is 1. The lowest BCUT2D eigenvalue weighted by Crippen LogP contribution is -2.10. The van der Waals surface area contributed by atoms with E-state index in [1.807, 2.05) is 30.3 Å². The normalized spacial score (nSPS) is 11.9. The summed E-state index contributed by atoms with van der Waals surface area (Å²) in [5.41, 5.74) is 0.942. The van der Waals surface area contributed by atoms with Crippen LogP contribution >= 0.6 is 0 Å². The highest BCUT2D eigenvalue weighted by molar-refractivity contribution is 6.04. The Balaban J connectivity index is 1.52. The van der Waals surface area contributed by atoms with E-state index in [0.717, 1.165) is 10.8 Å². The van der Waals surface area contributed by atoms with E-state index in [2.05, 4.69) is 10.2 Å². The van der Waals surface area contributed by atoms with Crippen LogP contribution in [-0.4, -0.2) is 21.1 Å². The highest BCUT2D eigenvalue weighted by atomic mass is 16.6. The average Bonchev–Trinajstić information content (AvgIpc) is 3.24. The van der Waals surface area contributed by atoms with Crippen molar-refractivity contribution in [2.75, 3.05) is 0 Å². The quantitative estimate of drug-likeness (QED) is 0.276. The molecular formula is C21H15N3O5. The van der Waals surface area contributed by atoms with Gasteiger partial charge in [0.2, 0.25) is 5.89 Å². The van der Waals surface area contributed by atoms with Crippen molar-refractivity contribution < 1.29 is 18.9 Å². The monoisotopic (exact) mass is 389 g/mol. The first kappa shape index (κ1) is 18.3. The highest BCUT2D eigenvalue weighted by Crippen LogP contribution is 2.26. The number of aromatic nitrogens is 2. The van der Waals surface area contributed by atoms with Crippen LogP contribution in [0.25, 0.3) is 22.2 Å². The number of benzene rings is 3. The number of fused-ring (bicyclic) bond motifs is 1. The van der Waals surface area contributed by atoms with Gasteiger partial charge in [0.1, 0.15) is 0 Å². The van der Waals surface area contributed by atoms with Gasteiger partial charge in [0, 0.05) is 17.7 Å². The van der Waals surface area contributed by atoms with Crippen molar-refractivity contribution in [1.82, 2.24) is 10.2 Å². The predicted octanol–water partition coefficient (Wildman–Crippen LogP) is 4.72. The SMILES string of the molecule is CC(OC(=O)c1cccc2ccccc12)c1nnc(-c2ccc([N+](=O)[O-])cc2)o1. The fourth-order valence-electron chi connectivity index (χ4n) is 2.92. The van der Waals surface area contributed by atoms with Gasteiger partial charge in [-0.05, 0) is 35.9 Å². The Labute approximate surface area is 164 Å². The van der Waals surface area contributed by atoms with Crippen LogP contribution in [0.5, 0.6) is 0 Å². The summed E-state index contributed by atoms with van der Waals surface area (Å²) >= 11 is 0. The number of esters is 1. The van der Waals surface area contributed by atoms with Gasteiger partial charge >= 0.3 is 5.97 Å². The molecule has 1 heterocycles. The number of carbonyl (C=O) groups is 1. The fraction of sp³-hybridized carbons (Fsp3) is 0.0952. The second-order valence-corrected chi connectivity index (χ2v) is 6.32. The Morgan fingerprint density at radius 2 is 1.76 bits per heavy atom. The first-order valence-electron chi connectivity index (χ1n) is 8.80. The van der Waals surface area contributed by atoms with Gasteiger partial charge in [-0.2, -0.15) is 0 Å². The molecule has 0 amide bonds. The second-order valence-electron chi connectivity index (χ2n) is 6.32. The van der Waals surface area contributed by atoms with Gasteiger partial charge in [-0.3, -0.25) is 10.1 Å². The van der Waals surface area contributed by atoms with Gasteiger partial charge < -0.3 is 9.15 Å². The van der Waals surface area contributed by atoms with Crippen LogP contribution < -0.4 is 0 Å². The van der Waals surface area contributed by atoms with Crippen molar-refractivity contribution in [3.63, 3.8) is 0 Å². The molecule has 1 unspecified atom stereocenters. The summed E-state index contributed by atoms with van der Waals surface area (Å²) in [5, 5.41) is 20.3. The molecule has 1 aromatic heterocycles. The molecule has 4 rings (SSSR count). The molecule has 1 atom stereocenters. The van der Waals surface area contributed by atoms with Crippen molar-refractivity contribution in [2.24, 2.45) is 0 Å². The first-order chi connectivity index (χ1) is 14.0. The Kier molecular flexibility index (Phi) is 4.74. The maximum absolute atomic E-state index is 12.6. The molecule has 0 spiro atoms. The van der Waals surface area contributed by atoms with E-state index in [0.29, 0.717) is 11.1 Å². The summed E-state index contributed by atoms with van der Waals surface area (Å²) in [5.74, 6) is -0.181. The molecule has 0 N–H and O–H groups in total. The molecule has 0 aliphatic carbocycles. The van der Waals surface area contributed by atoms with E-state index in [1.54, 1.807) is 19.1 Å². The average molecular weight is 389 g/mol. The summed E-state index contributed by atoms with van der Waals surface area (Å²) in [6.45, 7) is 1.64. The predicted molar refractivity (Wildman–Crippen MR) is 104 cm³/mol.